The molecule has 0 radical (unpaired) electrons. The van der Waals surface area contributed by atoms with E-state index in [0.29, 0.717) is 32.7 Å². The molecule has 0 unspecified atom stereocenters. The predicted molar refractivity (Wildman–Crippen MR) is 129 cm³/mol. The average Bonchev–Trinajstić information content (AvgIpc) is 3.18. The third-order valence-corrected chi connectivity index (χ3v) is 5.68. The number of nitrogens with zero attached hydrogens (tertiary/aromatic N) is 5. The number of halogens is 3. The maximum absolute atomic E-state index is 13.8. The summed E-state index contributed by atoms with van der Waals surface area (Å²) in [6, 6.07) is 12.3. The number of imidazole rings is 1. The molecule has 0 fully saturated rings. The zero-order valence-electron chi connectivity index (χ0n) is 18.3. The van der Waals surface area contributed by atoms with Crippen molar-refractivity contribution < 1.29 is 8.78 Å². The van der Waals surface area contributed by atoms with Crippen LogP contribution in [0.2, 0.25) is 5.02 Å². The van der Waals surface area contributed by atoms with Gasteiger partial charge in [0.2, 0.25) is 5.95 Å². The van der Waals surface area contributed by atoms with Gasteiger partial charge in [-0.15, -0.1) is 0 Å². The standard InChI is InChI=1S/C24H19ClF2N6O/c1-24(26,27)12-29-23-28-10-15-11-33(17-7-8-18-19(9-17)32(2)13-30-18)22(34)20(21(15)31-23)14-3-5-16(25)6-4-14/h3-11,13H,12H2,1-2H3,(H,29,31). The number of hydrogen-bond donors (Lipinski definition) is 1. The molecule has 5 aromatic rings. The number of anilines is 1. The minimum atomic E-state index is -2.94. The molecule has 0 bridgehead atoms. The maximum atomic E-state index is 13.8. The quantitative estimate of drug-likeness (QED) is 0.380. The van der Waals surface area contributed by atoms with Crippen LogP contribution in [0.4, 0.5) is 14.7 Å². The summed E-state index contributed by atoms with van der Waals surface area (Å²) < 4.78 is 30.1. The fraction of sp³-hybridized carbons (Fsp3) is 0.167. The fourth-order valence-corrected chi connectivity index (χ4v) is 3.88. The number of hydrogen-bond acceptors (Lipinski definition) is 5. The van der Waals surface area contributed by atoms with Crippen molar-refractivity contribution in [2.45, 2.75) is 12.8 Å². The fourth-order valence-electron chi connectivity index (χ4n) is 3.76. The van der Waals surface area contributed by atoms with Crippen molar-refractivity contribution in [1.82, 2.24) is 24.1 Å². The van der Waals surface area contributed by atoms with Crippen molar-refractivity contribution in [3.8, 4) is 16.8 Å². The summed E-state index contributed by atoms with van der Waals surface area (Å²) in [5.41, 5.74) is 3.27. The minimum Gasteiger partial charge on any atom is -0.348 e. The summed E-state index contributed by atoms with van der Waals surface area (Å²) >= 11 is 6.05. The SMILES string of the molecule is Cn1cnc2ccc(-n3cc4cnc(NCC(C)(F)F)nc4c(-c4ccc(Cl)cc4)c3=O)cc21. The van der Waals surface area contributed by atoms with Crippen LogP contribution in [0.15, 0.2) is 66.0 Å². The van der Waals surface area contributed by atoms with E-state index < -0.39 is 12.5 Å². The first-order valence-electron chi connectivity index (χ1n) is 10.4. The molecule has 0 amide bonds. The normalized spacial score (nSPS) is 11.9. The maximum Gasteiger partial charge on any atom is 0.265 e. The molecule has 10 heteroatoms. The van der Waals surface area contributed by atoms with Crippen molar-refractivity contribution in [3.05, 3.63) is 76.6 Å². The van der Waals surface area contributed by atoms with E-state index in [1.807, 2.05) is 29.8 Å². The molecule has 172 valence electrons. The molecule has 0 aliphatic rings. The third kappa shape index (κ3) is 4.10. The lowest BCUT2D eigenvalue weighted by molar-refractivity contribution is 0.0366. The Balaban J connectivity index is 1.74. The van der Waals surface area contributed by atoms with Gasteiger partial charge in [-0.2, -0.15) is 0 Å². The number of aromatic nitrogens is 5. The van der Waals surface area contributed by atoms with Crippen LogP contribution < -0.4 is 10.9 Å². The average molecular weight is 481 g/mol. The Morgan fingerprint density at radius 1 is 1.12 bits per heavy atom. The second-order valence-corrected chi connectivity index (χ2v) is 8.57. The molecular weight excluding hydrogens is 462 g/mol. The molecule has 7 nitrogen and oxygen atoms in total. The van der Waals surface area contributed by atoms with Gasteiger partial charge < -0.3 is 9.88 Å². The lowest BCUT2D eigenvalue weighted by Gasteiger charge is -2.14. The summed E-state index contributed by atoms with van der Waals surface area (Å²) in [6.45, 7) is 0.175. The number of nitrogens with one attached hydrogen (secondary N) is 1. The molecule has 1 N–H and O–H groups in total. The second kappa shape index (κ2) is 8.18. The van der Waals surface area contributed by atoms with Gasteiger partial charge in [-0.25, -0.2) is 23.7 Å². The third-order valence-electron chi connectivity index (χ3n) is 5.43. The van der Waals surface area contributed by atoms with Crippen LogP contribution in [0.1, 0.15) is 6.92 Å². The van der Waals surface area contributed by atoms with Crippen molar-refractivity contribution in [2.24, 2.45) is 7.05 Å². The van der Waals surface area contributed by atoms with E-state index in [1.165, 1.54) is 10.8 Å². The van der Waals surface area contributed by atoms with E-state index in [2.05, 4.69) is 20.3 Å². The molecule has 34 heavy (non-hydrogen) atoms. The lowest BCUT2D eigenvalue weighted by Crippen LogP contribution is -2.24. The van der Waals surface area contributed by atoms with E-state index in [-0.39, 0.29) is 11.5 Å². The Morgan fingerprint density at radius 3 is 2.62 bits per heavy atom. The number of alkyl halides is 2. The highest BCUT2D eigenvalue weighted by atomic mass is 35.5. The molecule has 0 aliphatic heterocycles. The largest absolute Gasteiger partial charge is 0.348 e. The first kappa shape index (κ1) is 22.0. The zero-order valence-corrected chi connectivity index (χ0v) is 19.0. The van der Waals surface area contributed by atoms with Crippen LogP contribution in [0.5, 0.6) is 0 Å². The number of aryl methyl sites for hydroxylation is 1. The van der Waals surface area contributed by atoms with E-state index in [4.69, 9.17) is 11.6 Å². The summed E-state index contributed by atoms with van der Waals surface area (Å²) in [4.78, 5) is 26.7. The molecule has 2 aromatic carbocycles. The molecule has 0 saturated heterocycles. The highest BCUT2D eigenvalue weighted by molar-refractivity contribution is 6.30. The number of benzene rings is 2. The van der Waals surface area contributed by atoms with Crippen LogP contribution >= 0.6 is 11.6 Å². The van der Waals surface area contributed by atoms with Gasteiger partial charge in [0, 0.05) is 36.8 Å². The Bertz CT molecular complexity index is 1590. The Kier molecular flexibility index (Phi) is 5.28. The van der Waals surface area contributed by atoms with Crippen molar-refractivity contribution in [1.29, 1.82) is 0 Å². The zero-order chi connectivity index (χ0) is 24.0. The topological polar surface area (TPSA) is 77.6 Å². The first-order chi connectivity index (χ1) is 16.2. The molecule has 0 spiro atoms. The van der Waals surface area contributed by atoms with Crippen LogP contribution in [-0.4, -0.2) is 36.6 Å². The van der Waals surface area contributed by atoms with Crippen molar-refractivity contribution >= 4 is 39.5 Å². The molecule has 3 heterocycles. The molecule has 3 aromatic heterocycles. The van der Waals surface area contributed by atoms with Gasteiger partial charge in [0.05, 0.1) is 40.7 Å². The first-order valence-corrected chi connectivity index (χ1v) is 10.8. The van der Waals surface area contributed by atoms with E-state index in [1.54, 1.807) is 36.8 Å². The van der Waals surface area contributed by atoms with Crippen LogP contribution in [-0.2, 0) is 7.05 Å². The van der Waals surface area contributed by atoms with Gasteiger partial charge in [-0.1, -0.05) is 23.7 Å². The highest BCUT2D eigenvalue weighted by Gasteiger charge is 2.22. The van der Waals surface area contributed by atoms with Crippen LogP contribution in [0.3, 0.4) is 0 Å². The Morgan fingerprint density at radius 2 is 1.88 bits per heavy atom. The van der Waals surface area contributed by atoms with Gasteiger partial charge in [0.1, 0.15) is 0 Å². The van der Waals surface area contributed by atoms with Crippen molar-refractivity contribution in [3.63, 3.8) is 0 Å². The highest BCUT2D eigenvalue weighted by Crippen LogP contribution is 2.27. The summed E-state index contributed by atoms with van der Waals surface area (Å²) in [7, 11) is 1.88. The van der Waals surface area contributed by atoms with Gasteiger partial charge in [0.25, 0.3) is 11.5 Å². The Hall–Kier alpha value is -3.85. The smallest absolute Gasteiger partial charge is 0.265 e. The van der Waals surface area contributed by atoms with Gasteiger partial charge in [-0.3, -0.25) is 9.36 Å². The van der Waals surface area contributed by atoms with Crippen molar-refractivity contribution in [2.75, 3.05) is 11.9 Å². The van der Waals surface area contributed by atoms with E-state index in [9.17, 15) is 13.6 Å². The van der Waals surface area contributed by atoms with Gasteiger partial charge in [0.15, 0.2) is 0 Å². The van der Waals surface area contributed by atoms with Crippen LogP contribution in [0, 0.1) is 0 Å². The molecule has 0 atom stereocenters. The summed E-state index contributed by atoms with van der Waals surface area (Å²) in [5.74, 6) is -2.93. The van der Waals surface area contributed by atoms with E-state index in [0.717, 1.165) is 18.0 Å². The molecule has 5 rings (SSSR count). The molecule has 0 aliphatic carbocycles. The Labute approximate surface area is 197 Å². The molecular formula is C24H19ClF2N6O. The minimum absolute atomic E-state index is 0.0118. The van der Waals surface area contributed by atoms with E-state index >= 15 is 0 Å². The molecule has 0 saturated carbocycles. The predicted octanol–water partition coefficient (Wildman–Crippen LogP) is 5.05. The number of pyridine rings is 1. The summed E-state index contributed by atoms with van der Waals surface area (Å²) in [6.07, 6.45) is 4.86. The number of rotatable bonds is 5. The lowest BCUT2D eigenvalue weighted by atomic mass is 10.0. The number of fused-ring (bicyclic) bond motifs is 2. The second-order valence-electron chi connectivity index (χ2n) is 8.14. The monoisotopic (exact) mass is 480 g/mol. The van der Waals surface area contributed by atoms with Crippen LogP contribution in [0.25, 0.3) is 38.8 Å². The summed E-state index contributed by atoms with van der Waals surface area (Å²) in [5, 5.41) is 3.64. The van der Waals surface area contributed by atoms with Gasteiger partial charge >= 0.3 is 0 Å². The van der Waals surface area contributed by atoms with Gasteiger partial charge in [-0.05, 0) is 35.9 Å².